The van der Waals surface area contributed by atoms with E-state index in [0.717, 1.165) is 16.6 Å². The number of rotatable bonds is 5. The van der Waals surface area contributed by atoms with Gasteiger partial charge >= 0.3 is 6.03 Å². The van der Waals surface area contributed by atoms with Crippen LogP contribution in [0.3, 0.4) is 0 Å². The molecule has 3 N–H and O–H groups in total. The molecule has 6 nitrogen and oxygen atoms in total. The summed E-state index contributed by atoms with van der Waals surface area (Å²) in [5.41, 5.74) is 5.18. The van der Waals surface area contributed by atoms with Crippen LogP contribution in [0.15, 0.2) is 60.9 Å². The standard InChI is InChI=1S/C17H18N4O2/c22-16(13-6-2-1-3-7-13)10-11-18-17(23)20-21-12-19-14-8-4-5-9-15(14)21/h1-9,12,16,22H,10-11H2,(H2,18,20,23). The molecule has 3 rings (SSSR count). The number of hydrogen-bond donors (Lipinski definition) is 3. The second-order valence-corrected chi connectivity index (χ2v) is 5.19. The van der Waals surface area contributed by atoms with Crippen LogP contribution < -0.4 is 10.7 Å². The van der Waals surface area contributed by atoms with E-state index in [4.69, 9.17) is 0 Å². The van der Waals surface area contributed by atoms with Crippen molar-refractivity contribution in [2.45, 2.75) is 12.5 Å². The number of amides is 2. The van der Waals surface area contributed by atoms with Crippen LogP contribution in [-0.2, 0) is 0 Å². The van der Waals surface area contributed by atoms with Crippen molar-refractivity contribution in [3.63, 3.8) is 0 Å². The molecular weight excluding hydrogens is 292 g/mol. The van der Waals surface area contributed by atoms with Gasteiger partial charge in [0.15, 0.2) is 0 Å². The molecule has 3 aromatic rings. The summed E-state index contributed by atoms with van der Waals surface area (Å²) in [5, 5.41) is 12.8. The first kappa shape index (κ1) is 15.1. The molecule has 0 fully saturated rings. The number of hydrogen-bond acceptors (Lipinski definition) is 3. The fraction of sp³-hybridized carbons (Fsp3) is 0.176. The molecule has 2 aromatic carbocycles. The van der Waals surface area contributed by atoms with Gasteiger partial charge in [0.1, 0.15) is 6.33 Å². The number of nitrogens with one attached hydrogen (secondary N) is 2. The highest BCUT2D eigenvalue weighted by atomic mass is 16.3. The number of carbonyl (C=O) groups excluding carboxylic acids is 1. The molecule has 0 aliphatic rings. The van der Waals surface area contributed by atoms with Crippen LogP contribution >= 0.6 is 0 Å². The predicted octanol–water partition coefficient (Wildman–Crippen LogP) is 2.41. The third-order valence-electron chi connectivity index (χ3n) is 3.56. The Morgan fingerprint density at radius 1 is 1.13 bits per heavy atom. The van der Waals surface area contributed by atoms with E-state index in [1.165, 1.54) is 0 Å². The van der Waals surface area contributed by atoms with Gasteiger partial charge in [-0.05, 0) is 24.1 Å². The van der Waals surface area contributed by atoms with Gasteiger partial charge in [0.2, 0.25) is 0 Å². The number of aliphatic hydroxyl groups is 1. The summed E-state index contributed by atoms with van der Waals surface area (Å²) in [5.74, 6) is 0. The summed E-state index contributed by atoms with van der Waals surface area (Å²) in [6.45, 7) is 0.370. The van der Waals surface area contributed by atoms with E-state index in [9.17, 15) is 9.90 Å². The predicted molar refractivity (Wildman–Crippen MR) is 88.5 cm³/mol. The van der Waals surface area contributed by atoms with Crippen LogP contribution in [0.5, 0.6) is 0 Å². The Morgan fingerprint density at radius 2 is 1.87 bits per heavy atom. The highest BCUT2D eigenvalue weighted by molar-refractivity contribution is 5.84. The number of aromatic nitrogens is 2. The number of benzene rings is 2. The van der Waals surface area contributed by atoms with Crippen LogP contribution in [0, 0.1) is 0 Å². The van der Waals surface area contributed by atoms with Gasteiger partial charge in [0.05, 0.1) is 17.1 Å². The maximum absolute atomic E-state index is 11.9. The maximum Gasteiger partial charge on any atom is 0.333 e. The Labute approximate surface area is 133 Å². The van der Waals surface area contributed by atoms with Gasteiger partial charge in [0, 0.05) is 6.54 Å². The number of aliphatic hydroxyl groups excluding tert-OH is 1. The minimum atomic E-state index is -0.592. The van der Waals surface area contributed by atoms with Crippen molar-refractivity contribution in [1.82, 2.24) is 15.0 Å². The van der Waals surface area contributed by atoms with Crippen molar-refractivity contribution < 1.29 is 9.90 Å². The summed E-state index contributed by atoms with van der Waals surface area (Å²) in [7, 11) is 0. The average Bonchev–Trinajstić information content (AvgIpc) is 2.99. The molecule has 1 atom stereocenters. The fourth-order valence-corrected chi connectivity index (χ4v) is 2.36. The number of imidazole rings is 1. The van der Waals surface area contributed by atoms with Crippen LogP contribution in [0.2, 0.25) is 0 Å². The minimum absolute atomic E-state index is 0.339. The molecule has 1 unspecified atom stereocenters. The number of urea groups is 1. The zero-order valence-electron chi connectivity index (χ0n) is 12.5. The Kier molecular flexibility index (Phi) is 4.54. The smallest absolute Gasteiger partial charge is 0.333 e. The lowest BCUT2D eigenvalue weighted by atomic mass is 10.1. The van der Waals surface area contributed by atoms with E-state index in [1.807, 2.05) is 54.6 Å². The average molecular weight is 310 g/mol. The van der Waals surface area contributed by atoms with Gasteiger partial charge in [-0.2, -0.15) is 0 Å². The normalized spacial score (nSPS) is 12.0. The molecule has 2 amide bonds. The van der Waals surface area contributed by atoms with Crippen LogP contribution in [-0.4, -0.2) is 27.3 Å². The monoisotopic (exact) mass is 310 g/mol. The topological polar surface area (TPSA) is 79.2 Å². The van der Waals surface area contributed by atoms with E-state index < -0.39 is 6.10 Å². The summed E-state index contributed by atoms with van der Waals surface area (Å²) >= 11 is 0. The molecule has 0 saturated carbocycles. The van der Waals surface area contributed by atoms with Gasteiger partial charge in [0.25, 0.3) is 0 Å². The summed E-state index contributed by atoms with van der Waals surface area (Å²) in [4.78, 5) is 16.1. The SMILES string of the molecule is O=C(NCCC(O)c1ccccc1)Nn1cnc2ccccc21. The Morgan fingerprint density at radius 3 is 2.70 bits per heavy atom. The summed E-state index contributed by atoms with van der Waals surface area (Å²) in [6.07, 6.45) is 1.41. The summed E-state index contributed by atoms with van der Waals surface area (Å²) < 4.78 is 1.57. The maximum atomic E-state index is 11.9. The third kappa shape index (κ3) is 3.67. The van der Waals surface area contributed by atoms with E-state index in [2.05, 4.69) is 15.7 Å². The van der Waals surface area contributed by atoms with Gasteiger partial charge in [-0.15, -0.1) is 0 Å². The second-order valence-electron chi connectivity index (χ2n) is 5.19. The van der Waals surface area contributed by atoms with Crippen molar-refractivity contribution in [3.8, 4) is 0 Å². The number of fused-ring (bicyclic) bond motifs is 1. The lowest BCUT2D eigenvalue weighted by Gasteiger charge is -2.12. The molecule has 1 aromatic heterocycles. The molecule has 0 aliphatic heterocycles. The van der Waals surface area contributed by atoms with Crippen molar-refractivity contribution in [1.29, 1.82) is 0 Å². The Balaban J connectivity index is 1.50. The van der Waals surface area contributed by atoms with Gasteiger partial charge in [-0.1, -0.05) is 42.5 Å². The lowest BCUT2D eigenvalue weighted by molar-refractivity contribution is 0.167. The highest BCUT2D eigenvalue weighted by Gasteiger charge is 2.08. The zero-order valence-corrected chi connectivity index (χ0v) is 12.5. The molecule has 0 aliphatic carbocycles. The first-order valence-electron chi connectivity index (χ1n) is 7.44. The van der Waals surface area contributed by atoms with Crippen molar-refractivity contribution in [2.24, 2.45) is 0 Å². The fourth-order valence-electron chi connectivity index (χ4n) is 2.36. The van der Waals surface area contributed by atoms with E-state index in [-0.39, 0.29) is 6.03 Å². The van der Waals surface area contributed by atoms with Crippen LogP contribution in [0.25, 0.3) is 11.0 Å². The summed E-state index contributed by atoms with van der Waals surface area (Å²) in [6, 6.07) is 16.6. The Hall–Kier alpha value is -2.86. The third-order valence-corrected chi connectivity index (χ3v) is 3.56. The van der Waals surface area contributed by atoms with Gasteiger partial charge in [-0.25, -0.2) is 19.9 Å². The molecule has 0 radical (unpaired) electrons. The van der Waals surface area contributed by atoms with Crippen molar-refractivity contribution in [2.75, 3.05) is 12.0 Å². The van der Waals surface area contributed by atoms with E-state index in [0.29, 0.717) is 13.0 Å². The molecule has 6 heteroatoms. The largest absolute Gasteiger partial charge is 0.388 e. The molecule has 118 valence electrons. The van der Waals surface area contributed by atoms with E-state index >= 15 is 0 Å². The van der Waals surface area contributed by atoms with Crippen molar-refractivity contribution >= 4 is 17.1 Å². The van der Waals surface area contributed by atoms with E-state index in [1.54, 1.807) is 11.0 Å². The molecule has 0 spiro atoms. The minimum Gasteiger partial charge on any atom is -0.388 e. The second kappa shape index (κ2) is 6.93. The number of carbonyl (C=O) groups is 1. The first-order valence-corrected chi connectivity index (χ1v) is 7.44. The molecular formula is C17H18N4O2. The number of nitrogens with zero attached hydrogens (tertiary/aromatic N) is 2. The van der Waals surface area contributed by atoms with Crippen LogP contribution in [0.1, 0.15) is 18.1 Å². The highest BCUT2D eigenvalue weighted by Crippen LogP contribution is 2.14. The van der Waals surface area contributed by atoms with Gasteiger partial charge < -0.3 is 10.4 Å². The quantitative estimate of drug-likeness (QED) is 0.677. The molecule has 0 saturated heterocycles. The Bertz CT molecular complexity index is 785. The zero-order chi connectivity index (χ0) is 16.1. The van der Waals surface area contributed by atoms with Gasteiger partial charge in [-0.3, -0.25) is 0 Å². The molecule has 23 heavy (non-hydrogen) atoms. The molecule has 0 bridgehead atoms. The molecule has 1 heterocycles. The first-order chi connectivity index (χ1) is 11.2. The lowest BCUT2D eigenvalue weighted by Crippen LogP contribution is -2.34. The van der Waals surface area contributed by atoms with Crippen molar-refractivity contribution in [3.05, 3.63) is 66.5 Å². The number of para-hydroxylation sites is 2. The van der Waals surface area contributed by atoms with Crippen LogP contribution in [0.4, 0.5) is 4.79 Å².